The van der Waals surface area contributed by atoms with Crippen molar-refractivity contribution in [2.45, 2.75) is 12.8 Å². The monoisotopic (exact) mass is 483 g/mol. The summed E-state index contributed by atoms with van der Waals surface area (Å²) in [7, 11) is 3.90. The van der Waals surface area contributed by atoms with E-state index in [1.807, 2.05) is 79.0 Å². The first-order valence-corrected chi connectivity index (χ1v) is 12.3. The number of aromatic nitrogens is 1. The lowest BCUT2D eigenvalue weighted by Crippen LogP contribution is -2.21. The minimum atomic E-state index is -0.504. The zero-order chi connectivity index (χ0) is 24.4. The highest BCUT2D eigenvalue weighted by molar-refractivity contribution is 7.10. The van der Waals surface area contributed by atoms with Gasteiger partial charge in [-0.05, 0) is 71.8 Å². The molecule has 7 heteroatoms. The van der Waals surface area contributed by atoms with Crippen LogP contribution in [0, 0.1) is 0 Å². The van der Waals surface area contributed by atoms with E-state index in [1.165, 1.54) is 0 Å². The quantitative estimate of drug-likeness (QED) is 0.359. The molecule has 1 amide bonds. The third-order valence-corrected chi connectivity index (χ3v) is 6.83. The van der Waals surface area contributed by atoms with Gasteiger partial charge in [0, 0.05) is 35.7 Å². The van der Waals surface area contributed by atoms with E-state index >= 15 is 0 Å². The molecule has 5 rings (SSSR count). The summed E-state index contributed by atoms with van der Waals surface area (Å²) in [4.78, 5) is 33.8. The number of amides is 1. The van der Waals surface area contributed by atoms with Gasteiger partial charge >= 0.3 is 5.97 Å². The van der Waals surface area contributed by atoms with E-state index in [2.05, 4.69) is 17.5 Å². The van der Waals surface area contributed by atoms with E-state index in [1.54, 1.807) is 11.3 Å². The van der Waals surface area contributed by atoms with E-state index in [0.29, 0.717) is 17.7 Å². The summed E-state index contributed by atoms with van der Waals surface area (Å²) >= 11 is 1.67. The van der Waals surface area contributed by atoms with Crippen LogP contribution < -0.4 is 10.2 Å². The van der Waals surface area contributed by atoms with Crippen molar-refractivity contribution >= 4 is 57.1 Å². The van der Waals surface area contributed by atoms with Crippen molar-refractivity contribution in [1.82, 2.24) is 4.98 Å². The van der Waals surface area contributed by atoms with Crippen molar-refractivity contribution < 1.29 is 14.3 Å². The number of ether oxygens (including phenoxy) is 1. The maximum Gasteiger partial charge on any atom is 0.339 e. The Kier molecular flexibility index (Phi) is 6.33. The maximum absolute atomic E-state index is 13.3. The molecule has 176 valence electrons. The van der Waals surface area contributed by atoms with Crippen LogP contribution in [0.3, 0.4) is 0 Å². The first kappa shape index (κ1) is 22.8. The number of fused-ring (bicyclic) bond motifs is 2. The molecular formula is C28H25N3O3S. The molecule has 0 radical (unpaired) electrons. The average Bonchev–Trinajstić information content (AvgIpc) is 3.52. The highest BCUT2D eigenvalue weighted by Crippen LogP contribution is 2.38. The molecule has 0 bridgehead atoms. The van der Waals surface area contributed by atoms with Gasteiger partial charge in [-0.2, -0.15) is 0 Å². The van der Waals surface area contributed by atoms with Crippen LogP contribution in [0.15, 0.2) is 66.0 Å². The molecule has 0 atom stereocenters. The van der Waals surface area contributed by atoms with Crippen LogP contribution >= 0.6 is 11.3 Å². The van der Waals surface area contributed by atoms with Crippen LogP contribution in [0.25, 0.3) is 22.6 Å². The molecular weight excluding hydrogens is 458 g/mol. The average molecular weight is 484 g/mol. The Labute approximate surface area is 207 Å². The van der Waals surface area contributed by atoms with E-state index in [9.17, 15) is 9.59 Å². The van der Waals surface area contributed by atoms with Crippen molar-refractivity contribution in [3.05, 3.63) is 87.7 Å². The summed E-state index contributed by atoms with van der Waals surface area (Å²) in [5.74, 6) is -0.889. The van der Waals surface area contributed by atoms with Crippen LogP contribution in [0.1, 0.15) is 32.9 Å². The lowest BCUT2D eigenvalue weighted by Gasteiger charge is -2.14. The summed E-state index contributed by atoms with van der Waals surface area (Å²) < 4.78 is 5.49. The van der Waals surface area contributed by atoms with Crippen molar-refractivity contribution in [3.8, 4) is 0 Å². The molecule has 0 spiro atoms. The Bertz CT molecular complexity index is 1420. The molecule has 0 fully saturated rings. The fourth-order valence-electron chi connectivity index (χ4n) is 4.30. The van der Waals surface area contributed by atoms with Crippen molar-refractivity contribution in [1.29, 1.82) is 0 Å². The minimum absolute atomic E-state index is 0.364. The fraction of sp³-hybridized carbons (Fsp3) is 0.179. The number of allylic oxidation sites excluding steroid dienone is 1. The largest absolute Gasteiger partial charge is 0.452 e. The van der Waals surface area contributed by atoms with Gasteiger partial charge in [-0.25, -0.2) is 9.78 Å². The second-order valence-corrected chi connectivity index (χ2v) is 9.56. The van der Waals surface area contributed by atoms with Gasteiger partial charge in [-0.1, -0.05) is 24.3 Å². The molecule has 1 aliphatic carbocycles. The molecule has 35 heavy (non-hydrogen) atoms. The molecule has 0 saturated carbocycles. The van der Waals surface area contributed by atoms with Gasteiger partial charge in [0.25, 0.3) is 5.91 Å². The zero-order valence-electron chi connectivity index (χ0n) is 19.6. The molecule has 0 unspecified atom stereocenters. The Morgan fingerprint density at radius 3 is 2.60 bits per heavy atom. The Hall–Kier alpha value is -3.97. The molecule has 2 heterocycles. The van der Waals surface area contributed by atoms with Gasteiger partial charge < -0.3 is 15.0 Å². The zero-order valence-corrected chi connectivity index (χ0v) is 20.4. The molecule has 2 aromatic heterocycles. The summed E-state index contributed by atoms with van der Waals surface area (Å²) in [6.07, 6.45) is 3.65. The van der Waals surface area contributed by atoms with Crippen LogP contribution in [-0.4, -0.2) is 37.6 Å². The topological polar surface area (TPSA) is 71.5 Å². The lowest BCUT2D eigenvalue weighted by molar-refractivity contribution is -0.119. The first-order chi connectivity index (χ1) is 17.0. The Balaban J connectivity index is 1.37. The lowest BCUT2D eigenvalue weighted by atomic mass is 10.0. The van der Waals surface area contributed by atoms with Gasteiger partial charge in [-0.3, -0.25) is 4.79 Å². The summed E-state index contributed by atoms with van der Waals surface area (Å²) in [6, 6.07) is 19.1. The van der Waals surface area contributed by atoms with E-state index in [0.717, 1.165) is 44.7 Å². The van der Waals surface area contributed by atoms with Gasteiger partial charge in [0.05, 0.1) is 16.8 Å². The number of thiophene rings is 1. The normalized spacial score (nSPS) is 13.6. The number of hydrogen-bond acceptors (Lipinski definition) is 6. The number of pyridine rings is 1. The highest BCUT2D eigenvalue weighted by atomic mass is 32.1. The number of carbonyl (C=O) groups is 2. The molecule has 1 N–H and O–H groups in total. The van der Waals surface area contributed by atoms with Crippen LogP contribution in [0.2, 0.25) is 0 Å². The number of rotatable bonds is 6. The molecule has 1 aliphatic rings. The Morgan fingerprint density at radius 1 is 1.06 bits per heavy atom. The van der Waals surface area contributed by atoms with Crippen LogP contribution in [0.5, 0.6) is 0 Å². The molecule has 0 saturated heterocycles. The van der Waals surface area contributed by atoms with Crippen molar-refractivity contribution in [2.24, 2.45) is 0 Å². The van der Waals surface area contributed by atoms with Gasteiger partial charge in [-0.15, -0.1) is 11.3 Å². The van der Waals surface area contributed by atoms with E-state index in [-0.39, 0.29) is 12.5 Å². The molecule has 4 aromatic rings. The molecule has 0 aliphatic heterocycles. The third kappa shape index (κ3) is 4.81. The SMILES string of the molecule is CN(C)c1ccc(NC(=O)COC(=O)c2c3c(nc4ccccc24)C(=Cc2cccs2)CC3)cc1. The van der Waals surface area contributed by atoms with Crippen molar-refractivity contribution in [2.75, 3.05) is 30.9 Å². The molecule has 6 nitrogen and oxygen atoms in total. The smallest absolute Gasteiger partial charge is 0.339 e. The highest BCUT2D eigenvalue weighted by Gasteiger charge is 2.28. The number of carbonyl (C=O) groups excluding carboxylic acids is 2. The fourth-order valence-corrected chi connectivity index (χ4v) is 4.98. The third-order valence-electron chi connectivity index (χ3n) is 6.01. The number of nitrogens with zero attached hydrogens (tertiary/aromatic N) is 2. The summed E-state index contributed by atoms with van der Waals surface area (Å²) in [5.41, 5.74) is 5.76. The standard InChI is InChI=1S/C28H25N3O3S/c1-31(2)20-12-10-19(11-13-20)29-25(32)17-34-28(33)26-22-7-3-4-8-24(22)30-27-18(9-14-23(26)27)16-21-6-5-15-35-21/h3-8,10-13,15-16H,9,14,17H2,1-2H3,(H,29,32). The predicted molar refractivity (Wildman–Crippen MR) is 142 cm³/mol. The number of esters is 1. The number of anilines is 2. The molecule has 2 aromatic carbocycles. The minimum Gasteiger partial charge on any atom is -0.452 e. The number of hydrogen-bond donors (Lipinski definition) is 1. The maximum atomic E-state index is 13.3. The van der Waals surface area contributed by atoms with Gasteiger partial charge in [0.2, 0.25) is 0 Å². The predicted octanol–water partition coefficient (Wildman–Crippen LogP) is 5.64. The summed E-state index contributed by atoms with van der Waals surface area (Å²) in [5, 5.41) is 5.57. The van der Waals surface area contributed by atoms with Crippen LogP contribution in [0.4, 0.5) is 11.4 Å². The van der Waals surface area contributed by atoms with E-state index < -0.39 is 5.97 Å². The second-order valence-electron chi connectivity index (χ2n) is 8.58. The summed E-state index contributed by atoms with van der Waals surface area (Å²) in [6.45, 7) is -0.364. The van der Waals surface area contributed by atoms with Crippen molar-refractivity contribution in [3.63, 3.8) is 0 Å². The van der Waals surface area contributed by atoms with Gasteiger partial charge in [0.1, 0.15) is 0 Å². The second kappa shape index (κ2) is 9.72. The number of para-hydroxylation sites is 1. The first-order valence-electron chi connectivity index (χ1n) is 11.4. The van der Waals surface area contributed by atoms with Gasteiger partial charge in [0.15, 0.2) is 6.61 Å². The van der Waals surface area contributed by atoms with Crippen LogP contribution in [-0.2, 0) is 16.0 Å². The number of nitrogens with one attached hydrogen (secondary N) is 1. The Morgan fingerprint density at radius 2 is 1.86 bits per heavy atom. The number of benzene rings is 2. The van der Waals surface area contributed by atoms with E-state index in [4.69, 9.17) is 9.72 Å².